The number of rotatable bonds is 9. The van der Waals surface area contributed by atoms with Crippen LogP contribution in [-0.2, 0) is 16.1 Å². The molecular formula is C18H30IN3O2. The summed E-state index contributed by atoms with van der Waals surface area (Å²) in [6.45, 7) is 6.49. The number of hydrogen-bond acceptors (Lipinski definition) is 3. The Kier molecular flexibility index (Phi) is 13.3. The lowest BCUT2D eigenvalue weighted by molar-refractivity contribution is -0.140. The van der Waals surface area contributed by atoms with Crippen LogP contribution in [0.15, 0.2) is 29.3 Å². The predicted molar refractivity (Wildman–Crippen MR) is 110 cm³/mol. The molecule has 1 rings (SSSR count). The summed E-state index contributed by atoms with van der Waals surface area (Å²) < 4.78 is 4.63. The molecule has 0 aliphatic rings. The van der Waals surface area contributed by atoms with Crippen LogP contribution in [0.4, 0.5) is 0 Å². The standard InChI is InChI=1S/C18H29N3O2.HI/c1-4-19-18(20-12-7-5-6-11-17(22)23-3)21-14-16-10-8-9-15(2)13-16;/h8-10,13H,4-7,11-12,14H2,1-3H3,(H2,19,20,21);1H. The van der Waals surface area contributed by atoms with E-state index in [-0.39, 0.29) is 29.9 Å². The number of esters is 1. The molecule has 0 aliphatic heterocycles. The van der Waals surface area contributed by atoms with Gasteiger partial charge in [0.1, 0.15) is 0 Å². The Morgan fingerprint density at radius 2 is 2.00 bits per heavy atom. The number of carbonyl (C=O) groups is 1. The van der Waals surface area contributed by atoms with Gasteiger partial charge in [0.25, 0.3) is 0 Å². The maximum Gasteiger partial charge on any atom is 0.305 e. The molecule has 0 saturated heterocycles. The number of guanidine groups is 1. The Bertz CT molecular complexity index is 507. The van der Waals surface area contributed by atoms with Crippen LogP contribution in [0.25, 0.3) is 0 Å². The number of aliphatic imine (C=N–C) groups is 1. The van der Waals surface area contributed by atoms with Crippen molar-refractivity contribution >= 4 is 35.9 Å². The Morgan fingerprint density at radius 3 is 2.67 bits per heavy atom. The van der Waals surface area contributed by atoms with Crippen LogP contribution in [0.2, 0.25) is 0 Å². The second-order valence-electron chi connectivity index (χ2n) is 5.50. The first-order valence-corrected chi connectivity index (χ1v) is 8.30. The van der Waals surface area contributed by atoms with Gasteiger partial charge in [-0.05, 0) is 32.3 Å². The minimum Gasteiger partial charge on any atom is -0.469 e. The van der Waals surface area contributed by atoms with Gasteiger partial charge in [-0.25, -0.2) is 4.99 Å². The second kappa shape index (κ2) is 14.1. The lowest BCUT2D eigenvalue weighted by Gasteiger charge is -2.11. The summed E-state index contributed by atoms with van der Waals surface area (Å²) >= 11 is 0. The van der Waals surface area contributed by atoms with Gasteiger partial charge in [0.2, 0.25) is 0 Å². The van der Waals surface area contributed by atoms with Crippen LogP contribution in [0.1, 0.15) is 43.7 Å². The fourth-order valence-electron chi connectivity index (χ4n) is 2.20. The molecule has 6 heteroatoms. The van der Waals surface area contributed by atoms with E-state index in [0.717, 1.165) is 38.3 Å². The first kappa shape index (κ1) is 22.7. The fraction of sp³-hybridized carbons (Fsp3) is 0.556. The molecule has 0 amide bonds. The van der Waals surface area contributed by atoms with Crippen LogP contribution in [0.5, 0.6) is 0 Å². The highest BCUT2D eigenvalue weighted by atomic mass is 127. The molecule has 0 bridgehead atoms. The van der Waals surface area contributed by atoms with Crippen LogP contribution >= 0.6 is 24.0 Å². The number of nitrogens with one attached hydrogen (secondary N) is 2. The van der Waals surface area contributed by atoms with E-state index in [1.165, 1.54) is 18.2 Å². The summed E-state index contributed by atoms with van der Waals surface area (Å²) in [5.74, 6) is 0.702. The molecule has 2 N–H and O–H groups in total. The van der Waals surface area contributed by atoms with E-state index in [9.17, 15) is 4.79 Å². The monoisotopic (exact) mass is 447 g/mol. The van der Waals surface area contributed by atoms with Crippen LogP contribution in [0.3, 0.4) is 0 Å². The first-order valence-electron chi connectivity index (χ1n) is 8.30. The topological polar surface area (TPSA) is 62.7 Å². The van der Waals surface area contributed by atoms with Crippen molar-refractivity contribution < 1.29 is 9.53 Å². The van der Waals surface area contributed by atoms with E-state index in [1.54, 1.807) is 0 Å². The molecular weight excluding hydrogens is 417 g/mol. The molecule has 0 unspecified atom stereocenters. The molecule has 0 spiro atoms. The summed E-state index contributed by atoms with van der Waals surface area (Å²) in [5, 5.41) is 6.58. The van der Waals surface area contributed by atoms with Gasteiger partial charge in [-0.2, -0.15) is 0 Å². The van der Waals surface area contributed by atoms with Gasteiger partial charge in [0.05, 0.1) is 13.7 Å². The van der Waals surface area contributed by atoms with Crippen LogP contribution in [-0.4, -0.2) is 32.1 Å². The van der Waals surface area contributed by atoms with E-state index in [1.807, 2.05) is 0 Å². The average Bonchev–Trinajstić information content (AvgIpc) is 2.55. The number of unbranched alkanes of at least 4 members (excludes halogenated alkanes) is 2. The number of aryl methyl sites for hydroxylation is 1. The molecule has 5 nitrogen and oxygen atoms in total. The zero-order valence-electron chi connectivity index (χ0n) is 14.9. The minimum absolute atomic E-state index is 0. The number of nitrogens with zero attached hydrogens (tertiary/aromatic N) is 1. The second-order valence-corrected chi connectivity index (χ2v) is 5.50. The molecule has 0 fully saturated rings. The Hall–Kier alpha value is -1.31. The van der Waals surface area contributed by atoms with Crippen molar-refractivity contribution in [3.63, 3.8) is 0 Å². The lowest BCUT2D eigenvalue weighted by atomic mass is 10.1. The molecule has 0 aromatic heterocycles. The average molecular weight is 447 g/mol. The van der Waals surface area contributed by atoms with Gasteiger partial charge >= 0.3 is 5.97 Å². The zero-order valence-corrected chi connectivity index (χ0v) is 17.3. The van der Waals surface area contributed by atoms with Crippen molar-refractivity contribution in [2.75, 3.05) is 20.2 Å². The van der Waals surface area contributed by atoms with E-state index in [4.69, 9.17) is 0 Å². The Morgan fingerprint density at radius 1 is 1.21 bits per heavy atom. The van der Waals surface area contributed by atoms with E-state index in [0.29, 0.717) is 13.0 Å². The molecule has 0 atom stereocenters. The summed E-state index contributed by atoms with van der Waals surface area (Å²) in [6.07, 6.45) is 3.37. The van der Waals surface area contributed by atoms with Crippen molar-refractivity contribution in [1.82, 2.24) is 10.6 Å². The van der Waals surface area contributed by atoms with Gasteiger partial charge in [-0.3, -0.25) is 4.79 Å². The van der Waals surface area contributed by atoms with Crippen molar-refractivity contribution in [3.05, 3.63) is 35.4 Å². The molecule has 1 aromatic carbocycles. The summed E-state index contributed by atoms with van der Waals surface area (Å²) in [6, 6.07) is 8.39. The summed E-state index contributed by atoms with van der Waals surface area (Å²) in [4.78, 5) is 15.6. The first-order chi connectivity index (χ1) is 11.2. The predicted octanol–water partition coefficient (Wildman–Crippen LogP) is 3.40. The molecule has 136 valence electrons. The smallest absolute Gasteiger partial charge is 0.305 e. The maximum atomic E-state index is 11.0. The number of methoxy groups -OCH3 is 1. The third-order valence-electron chi connectivity index (χ3n) is 3.42. The third kappa shape index (κ3) is 10.5. The Labute approximate surface area is 162 Å². The number of carbonyl (C=O) groups excluding carboxylic acids is 1. The molecule has 1 aromatic rings. The van der Waals surface area contributed by atoms with Gasteiger partial charge in [0, 0.05) is 19.5 Å². The summed E-state index contributed by atoms with van der Waals surface area (Å²) in [5.41, 5.74) is 2.46. The number of benzene rings is 1. The highest BCUT2D eigenvalue weighted by Gasteiger charge is 2.00. The van der Waals surface area contributed by atoms with Crippen molar-refractivity contribution in [1.29, 1.82) is 0 Å². The SMILES string of the molecule is CCNC(=NCc1cccc(C)c1)NCCCCCC(=O)OC.I. The quantitative estimate of drug-likeness (QED) is 0.200. The van der Waals surface area contributed by atoms with Crippen molar-refractivity contribution in [2.24, 2.45) is 4.99 Å². The minimum atomic E-state index is -0.133. The molecule has 24 heavy (non-hydrogen) atoms. The van der Waals surface area contributed by atoms with E-state index < -0.39 is 0 Å². The third-order valence-corrected chi connectivity index (χ3v) is 3.42. The highest BCUT2D eigenvalue weighted by Crippen LogP contribution is 2.05. The van der Waals surface area contributed by atoms with Gasteiger partial charge in [-0.15, -0.1) is 24.0 Å². The van der Waals surface area contributed by atoms with Gasteiger partial charge in [0.15, 0.2) is 5.96 Å². The van der Waals surface area contributed by atoms with Crippen LogP contribution in [0, 0.1) is 6.92 Å². The normalized spacial score (nSPS) is 10.7. The molecule has 0 radical (unpaired) electrons. The lowest BCUT2D eigenvalue weighted by Crippen LogP contribution is -2.37. The van der Waals surface area contributed by atoms with Gasteiger partial charge in [-0.1, -0.05) is 36.2 Å². The Balaban J connectivity index is 0.00000529. The highest BCUT2D eigenvalue weighted by molar-refractivity contribution is 14.0. The largest absolute Gasteiger partial charge is 0.469 e. The van der Waals surface area contributed by atoms with Crippen molar-refractivity contribution in [2.45, 2.75) is 46.1 Å². The zero-order chi connectivity index (χ0) is 16.9. The number of ether oxygens (including phenoxy) is 1. The van der Waals surface area contributed by atoms with E-state index in [2.05, 4.69) is 58.5 Å². The summed E-state index contributed by atoms with van der Waals surface area (Å²) in [7, 11) is 1.43. The fourth-order valence-corrected chi connectivity index (χ4v) is 2.20. The maximum absolute atomic E-state index is 11.0. The van der Waals surface area contributed by atoms with E-state index >= 15 is 0 Å². The molecule has 0 saturated carbocycles. The molecule has 0 aliphatic carbocycles. The van der Waals surface area contributed by atoms with Crippen molar-refractivity contribution in [3.8, 4) is 0 Å². The number of halogens is 1. The number of hydrogen-bond donors (Lipinski definition) is 2. The van der Waals surface area contributed by atoms with Crippen LogP contribution < -0.4 is 10.6 Å². The molecule has 0 heterocycles. The van der Waals surface area contributed by atoms with Gasteiger partial charge < -0.3 is 15.4 Å².